The molecule has 0 aliphatic carbocycles. The number of carbonyl (C=O) groups excluding carboxylic acids is 1. The van der Waals surface area contributed by atoms with Gasteiger partial charge in [-0.05, 0) is 43.5 Å². The molecule has 1 atom stereocenters. The van der Waals surface area contributed by atoms with Gasteiger partial charge < -0.3 is 14.2 Å². The third-order valence-electron chi connectivity index (χ3n) is 6.46. The Bertz CT molecular complexity index is 971. The van der Waals surface area contributed by atoms with Crippen molar-refractivity contribution in [1.29, 1.82) is 0 Å². The molecule has 33 heavy (non-hydrogen) atoms. The molecule has 1 saturated heterocycles. The van der Waals surface area contributed by atoms with Crippen LogP contribution in [0.25, 0.3) is 0 Å². The molecular weight excluding hydrogens is 418 g/mol. The fourth-order valence-corrected chi connectivity index (χ4v) is 4.77. The molecule has 3 heterocycles. The average molecular weight is 452 g/mol. The number of likely N-dealkylation sites (tertiary alicyclic amines) is 1. The van der Waals surface area contributed by atoms with Gasteiger partial charge in [-0.25, -0.2) is 0 Å². The minimum atomic E-state index is -0.0706. The van der Waals surface area contributed by atoms with Gasteiger partial charge in [-0.2, -0.15) is 0 Å². The molecule has 7 nitrogen and oxygen atoms in total. The van der Waals surface area contributed by atoms with Crippen LogP contribution in [-0.4, -0.2) is 60.8 Å². The number of nitrogens with zero attached hydrogens (tertiary/aromatic N) is 3. The highest BCUT2D eigenvalue weighted by atomic mass is 16.5. The minimum Gasteiger partial charge on any atom is -0.497 e. The summed E-state index contributed by atoms with van der Waals surface area (Å²) in [6, 6.07) is 11.5. The minimum absolute atomic E-state index is 0.0646. The maximum atomic E-state index is 13.8. The molecule has 7 heteroatoms. The molecule has 4 rings (SSSR count). The van der Waals surface area contributed by atoms with E-state index in [1.54, 1.807) is 38.7 Å². The largest absolute Gasteiger partial charge is 0.497 e. The van der Waals surface area contributed by atoms with Crippen molar-refractivity contribution < 1.29 is 19.0 Å². The van der Waals surface area contributed by atoms with Crippen LogP contribution < -0.4 is 9.47 Å². The molecular formula is C26H33N3O4. The molecule has 0 spiro atoms. The summed E-state index contributed by atoms with van der Waals surface area (Å²) in [5.41, 5.74) is 2.41. The van der Waals surface area contributed by atoms with E-state index in [0.29, 0.717) is 29.6 Å². The van der Waals surface area contributed by atoms with Gasteiger partial charge >= 0.3 is 0 Å². The number of methoxy groups -OCH3 is 2. The molecule has 1 aromatic heterocycles. The first-order chi connectivity index (χ1) is 16.2. The molecule has 1 aromatic carbocycles. The third-order valence-corrected chi connectivity index (χ3v) is 6.46. The van der Waals surface area contributed by atoms with Crippen molar-refractivity contribution in [3.63, 3.8) is 0 Å². The van der Waals surface area contributed by atoms with E-state index in [-0.39, 0.29) is 12.1 Å². The number of benzene rings is 1. The van der Waals surface area contributed by atoms with Crippen molar-refractivity contribution in [2.45, 2.75) is 44.7 Å². The van der Waals surface area contributed by atoms with Crippen LogP contribution >= 0.6 is 0 Å². The SMILES string of the molecule is CCCC(N1CCC(c2ccccn2)CC1)N1C(=O)c2ccc(OC)cc2OC=C1COC. The van der Waals surface area contributed by atoms with Gasteiger partial charge in [0.15, 0.2) is 0 Å². The van der Waals surface area contributed by atoms with Crippen molar-refractivity contribution in [3.8, 4) is 11.5 Å². The van der Waals surface area contributed by atoms with E-state index in [1.165, 1.54) is 0 Å². The van der Waals surface area contributed by atoms with Crippen LogP contribution in [0.5, 0.6) is 11.5 Å². The van der Waals surface area contributed by atoms with Gasteiger partial charge in [0.2, 0.25) is 0 Å². The summed E-state index contributed by atoms with van der Waals surface area (Å²) >= 11 is 0. The highest BCUT2D eigenvalue weighted by Crippen LogP contribution is 2.34. The van der Waals surface area contributed by atoms with E-state index in [9.17, 15) is 4.79 Å². The lowest BCUT2D eigenvalue weighted by Crippen LogP contribution is -2.53. The average Bonchev–Trinajstić information content (AvgIpc) is 2.99. The highest BCUT2D eigenvalue weighted by molar-refractivity contribution is 5.98. The lowest BCUT2D eigenvalue weighted by Gasteiger charge is -2.43. The Kier molecular flexibility index (Phi) is 7.62. The second-order valence-corrected chi connectivity index (χ2v) is 8.53. The standard InChI is InChI=1S/C26H33N3O4/c1-4-7-25(28-14-11-19(12-15-28)23-8-5-6-13-27-23)29-20(17-31-2)18-33-24-16-21(32-3)9-10-22(24)26(29)30/h5-6,8-10,13,16,18-19,25H,4,7,11-12,14-15,17H2,1-3H3. The van der Waals surface area contributed by atoms with Crippen LogP contribution in [0.4, 0.5) is 0 Å². The van der Waals surface area contributed by atoms with Crippen molar-refractivity contribution in [3.05, 3.63) is 65.8 Å². The van der Waals surface area contributed by atoms with E-state index in [0.717, 1.165) is 50.2 Å². The summed E-state index contributed by atoms with van der Waals surface area (Å²) in [5, 5.41) is 0. The number of carbonyl (C=O) groups is 1. The molecule has 2 aliphatic heterocycles. The van der Waals surface area contributed by atoms with Crippen molar-refractivity contribution >= 4 is 5.91 Å². The first-order valence-electron chi connectivity index (χ1n) is 11.7. The number of amides is 1. The van der Waals surface area contributed by atoms with E-state index < -0.39 is 0 Å². The normalized spacial score (nSPS) is 18.2. The number of pyridine rings is 1. The summed E-state index contributed by atoms with van der Waals surface area (Å²) in [6.45, 7) is 4.27. The molecule has 1 unspecified atom stereocenters. The Hall–Kier alpha value is -2.90. The van der Waals surface area contributed by atoms with Gasteiger partial charge in [-0.15, -0.1) is 0 Å². The van der Waals surface area contributed by atoms with Crippen molar-refractivity contribution in [2.75, 3.05) is 33.9 Å². The zero-order chi connectivity index (χ0) is 23.2. The molecule has 1 fully saturated rings. The predicted octanol–water partition coefficient (Wildman–Crippen LogP) is 4.42. The number of piperidine rings is 1. The van der Waals surface area contributed by atoms with E-state index in [4.69, 9.17) is 14.2 Å². The predicted molar refractivity (Wildman–Crippen MR) is 126 cm³/mol. The lowest BCUT2D eigenvalue weighted by atomic mass is 9.92. The molecule has 0 N–H and O–H groups in total. The summed E-state index contributed by atoms with van der Waals surface area (Å²) < 4.78 is 16.7. The smallest absolute Gasteiger partial charge is 0.263 e. The summed E-state index contributed by atoms with van der Waals surface area (Å²) in [7, 11) is 3.24. The van der Waals surface area contributed by atoms with Gasteiger partial charge in [0.25, 0.3) is 5.91 Å². The summed E-state index contributed by atoms with van der Waals surface area (Å²) in [5.74, 6) is 1.53. The molecule has 0 bridgehead atoms. The van der Waals surface area contributed by atoms with Crippen LogP contribution in [-0.2, 0) is 4.74 Å². The second-order valence-electron chi connectivity index (χ2n) is 8.53. The third kappa shape index (κ3) is 5.04. The summed E-state index contributed by atoms with van der Waals surface area (Å²) in [6.07, 6.45) is 7.32. The van der Waals surface area contributed by atoms with E-state index >= 15 is 0 Å². The Morgan fingerprint density at radius 3 is 2.67 bits per heavy atom. The summed E-state index contributed by atoms with van der Waals surface area (Å²) in [4.78, 5) is 22.7. The number of hydrogen-bond acceptors (Lipinski definition) is 6. The van der Waals surface area contributed by atoms with Crippen LogP contribution in [0.3, 0.4) is 0 Å². The zero-order valence-electron chi connectivity index (χ0n) is 19.7. The first kappa shape index (κ1) is 23.3. The fourth-order valence-electron chi connectivity index (χ4n) is 4.77. The first-order valence-corrected chi connectivity index (χ1v) is 11.7. The highest BCUT2D eigenvalue weighted by Gasteiger charge is 2.36. The monoisotopic (exact) mass is 451 g/mol. The van der Waals surface area contributed by atoms with Gasteiger partial charge in [0.05, 0.1) is 31.1 Å². The van der Waals surface area contributed by atoms with Crippen LogP contribution in [0.1, 0.15) is 54.6 Å². The maximum Gasteiger partial charge on any atom is 0.263 e. The molecule has 2 aliphatic rings. The van der Waals surface area contributed by atoms with Gasteiger partial charge in [0.1, 0.15) is 17.8 Å². The lowest BCUT2D eigenvalue weighted by molar-refractivity contribution is 0.0243. The quantitative estimate of drug-likeness (QED) is 0.592. The van der Waals surface area contributed by atoms with Crippen LogP contribution in [0.15, 0.2) is 54.6 Å². The maximum absolute atomic E-state index is 13.8. The number of fused-ring (bicyclic) bond motifs is 1. The Balaban J connectivity index is 1.61. The van der Waals surface area contributed by atoms with Gasteiger partial charge in [-0.3, -0.25) is 19.6 Å². The number of rotatable bonds is 8. The fraction of sp³-hybridized carbons (Fsp3) is 0.462. The van der Waals surface area contributed by atoms with Crippen molar-refractivity contribution in [1.82, 2.24) is 14.8 Å². The topological polar surface area (TPSA) is 64.1 Å². The number of hydrogen-bond donors (Lipinski definition) is 0. The zero-order valence-corrected chi connectivity index (χ0v) is 19.7. The molecule has 1 amide bonds. The van der Waals surface area contributed by atoms with E-state index in [2.05, 4.69) is 28.9 Å². The Morgan fingerprint density at radius 1 is 1.18 bits per heavy atom. The second kappa shape index (κ2) is 10.8. The molecule has 2 aromatic rings. The van der Waals surface area contributed by atoms with Gasteiger partial charge in [-0.1, -0.05) is 19.4 Å². The van der Waals surface area contributed by atoms with Crippen LogP contribution in [0.2, 0.25) is 0 Å². The van der Waals surface area contributed by atoms with Gasteiger partial charge in [0, 0.05) is 44.1 Å². The molecule has 176 valence electrons. The van der Waals surface area contributed by atoms with E-state index in [1.807, 2.05) is 17.2 Å². The Labute approximate surface area is 196 Å². The molecule has 0 radical (unpaired) electrons. The molecule has 0 saturated carbocycles. The van der Waals surface area contributed by atoms with Crippen molar-refractivity contribution in [2.24, 2.45) is 0 Å². The Morgan fingerprint density at radius 2 is 2.00 bits per heavy atom. The van der Waals surface area contributed by atoms with Crippen LogP contribution in [0, 0.1) is 0 Å². The number of ether oxygens (including phenoxy) is 3. The number of aromatic nitrogens is 1.